The molecule has 8 nitrogen and oxygen atoms in total. The van der Waals surface area contributed by atoms with Gasteiger partial charge in [0.2, 0.25) is 0 Å². The fraction of sp³-hybridized carbons (Fsp3) is 0.281. The van der Waals surface area contributed by atoms with E-state index in [9.17, 15) is 0 Å². The van der Waals surface area contributed by atoms with Gasteiger partial charge >= 0.3 is 0 Å². The van der Waals surface area contributed by atoms with Crippen molar-refractivity contribution in [3.05, 3.63) is 95.1 Å². The monoisotopic (exact) mass is 530 g/mol. The van der Waals surface area contributed by atoms with Gasteiger partial charge in [-0.1, -0.05) is 45.4 Å². The number of anilines is 2. The summed E-state index contributed by atoms with van der Waals surface area (Å²) in [6.07, 6.45) is 5.93. The minimum Gasteiger partial charge on any atom is -0.341 e. The quantitative estimate of drug-likeness (QED) is 0.323. The zero-order valence-electron chi connectivity index (χ0n) is 23.5. The molecule has 5 heterocycles. The van der Waals surface area contributed by atoms with Crippen LogP contribution in [0.25, 0.3) is 11.3 Å². The van der Waals surface area contributed by atoms with Gasteiger partial charge in [0, 0.05) is 36.6 Å². The van der Waals surface area contributed by atoms with Crippen LogP contribution in [0.15, 0.2) is 72.0 Å². The molecule has 2 aliphatic rings. The first-order valence-corrected chi connectivity index (χ1v) is 13.6. The van der Waals surface area contributed by atoms with Crippen molar-refractivity contribution in [2.75, 3.05) is 18.4 Å². The number of hydrogen-bond acceptors (Lipinski definition) is 6. The third-order valence-corrected chi connectivity index (χ3v) is 7.35. The molecule has 0 unspecified atom stereocenters. The maximum absolute atomic E-state index is 4.69. The van der Waals surface area contributed by atoms with Gasteiger partial charge in [-0.25, -0.2) is 4.98 Å². The summed E-state index contributed by atoms with van der Waals surface area (Å²) in [5, 5.41) is 14.9. The summed E-state index contributed by atoms with van der Waals surface area (Å²) in [6, 6.07) is 12.3. The third-order valence-electron chi connectivity index (χ3n) is 7.35. The summed E-state index contributed by atoms with van der Waals surface area (Å²) in [6.45, 7) is 16.3. The highest BCUT2D eigenvalue weighted by atomic mass is 15.3. The normalized spacial score (nSPS) is 14.7. The summed E-state index contributed by atoms with van der Waals surface area (Å²) in [5.74, 6) is 8.36. The van der Waals surface area contributed by atoms with E-state index in [0.29, 0.717) is 0 Å². The summed E-state index contributed by atoms with van der Waals surface area (Å²) < 4.78 is 4.05. The number of hydrogen-bond donors (Lipinski definition) is 3. The summed E-state index contributed by atoms with van der Waals surface area (Å²) >= 11 is 0. The van der Waals surface area contributed by atoms with E-state index in [1.165, 1.54) is 11.3 Å². The number of pyridine rings is 1. The molecule has 2 aliphatic heterocycles. The van der Waals surface area contributed by atoms with Gasteiger partial charge in [-0.15, -0.1) is 0 Å². The second-order valence-corrected chi connectivity index (χ2v) is 11.3. The van der Waals surface area contributed by atoms with E-state index in [4.69, 9.17) is 5.10 Å². The summed E-state index contributed by atoms with van der Waals surface area (Å²) in [7, 11) is 0. The van der Waals surface area contributed by atoms with Crippen LogP contribution in [-0.4, -0.2) is 38.1 Å². The third kappa shape index (κ3) is 5.16. The van der Waals surface area contributed by atoms with E-state index in [0.717, 1.165) is 77.2 Å². The van der Waals surface area contributed by atoms with E-state index in [2.05, 4.69) is 102 Å². The van der Waals surface area contributed by atoms with Crippen LogP contribution >= 0.6 is 0 Å². The first-order chi connectivity index (χ1) is 19.2. The van der Waals surface area contributed by atoms with Gasteiger partial charge in [0.25, 0.3) is 0 Å². The van der Waals surface area contributed by atoms with Gasteiger partial charge in [-0.3, -0.25) is 14.1 Å². The van der Waals surface area contributed by atoms with E-state index in [1.54, 1.807) is 0 Å². The Kier molecular flexibility index (Phi) is 6.53. The Morgan fingerprint density at radius 3 is 2.83 bits per heavy atom. The molecule has 0 saturated heterocycles. The van der Waals surface area contributed by atoms with Gasteiger partial charge in [0.1, 0.15) is 11.5 Å². The molecule has 0 spiro atoms. The minimum atomic E-state index is 0.103. The maximum atomic E-state index is 4.69. The molecular formula is C32H34N8. The van der Waals surface area contributed by atoms with Gasteiger partial charge in [-0.2, -0.15) is 5.10 Å². The number of imidazole rings is 1. The number of nitrogens with one attached hydrogen (secondary N) is 3. The number of aryl methyl sites for hydroxylation is 1. The number of rotatable bonds is 4. The number of fused-ring (bicyclic) bond motifs is 2. The molecule has 0 amide bonds. The number of aromatic nitrogens is 4. The Morgan fingerprint density at radius 2 is 2.02 bits per heavy atom. The SMILES string of the molecule is C=C(NC1=NCC(C(C)(C)C)=C1)c1ccc(C)c(C#Cc2cnc3c(Nc4cc5n(n4)CCNC5)cccn23)c1. The number of aliphatic imine (C=N–C) groups is 1. The van der Waals surface area contributed by atoms with E-state index in [1.807, 2.05) is 33.6 Å². The molecule has 1 aromatic carbocycles. The van der Waals surface area contributed by atoms with Gasteiger partial charge in [-0.05, 0) is 59.2 Å². The van der Waals surface area contributed by atoms with Crippen molar-refractivity contribution in [2.45, 2.75) is 40.8 Å². The largest absolute Gasteiger partial charge is 0.341 e. The second kappa shape index (κ2) is 10.2. The number of benzene rings is 1. The topological polar surface area (TPSA) is 83.6 Å². The van der Waals surface area contributed by atoms with Gasteiger partial charge < -0.3 is 16.0 Å². The van der Waals surface area contributed by atoms with Gasteiger partial charge in [0.05, 0.1) is 30.7 Å². The first-order valence-electron chi connectivity index (χ1n) is 13.6. The molecule has 6 rings (SSSR count). The van der Waals surface area contributed by atoms with Crippen LogP contribution in [-0.2, 0) is 13.1 Å². The van der Waals surface area contributed by atoms with Gasteiger partial charge in [0.15, 0.2) is 11.5 Å². The first kappa shape index (κ1) is 25.7. The standard InChI is InChI=1S/C32H34N8/c1-21-8-9-24(22(2)36-29-16-25(18-34-29)32(3,4)5)15-23(21)10-11-26-20-35-31-28(7-6-13-39(26)31)37-30-17-27-19-33-12-14-40(27)38-30/h6-9,13,15-17,20,33H,2,12,14,18-19H2,1,3-5H3,(H,34,36)(H,37,38). The Morgan fingerprint density at radius 1 is 1.15 bits per heavy atom. The summed E-state index contributed by atoms with van der Waals surface area (Å²) in [5.41, 5.74) is 8.93. The molecule has 4 aromatic rings. The molecule has 3 aromatic heterocycles. The predicted octanol–water partition coefficient (Wildman–Crippen LogP) is 5.03. The zero-order valence-corrected chi connectivity index (χ0v) is 23.5. The average molecular weight is 531 g/mol. The van der Waals surface area contributed by atoms with E-state index in [-0.39, 0.29) is 5.41 Å². The van der Waals surface area contributed by atoms with Crippen LogP contribution in [0.4, 0.5) is 11.5 Å². The lowest BCUT2D eigenvalue weighted by Crippen LogP contribution is -2.28. The van der Waals surface area contributed by atoms with Crippen molar-refractivity contribution in [1.29, 1.82) is 0 Å². The molecule has 0 radical (unpaired) electrons. The molecule has 0 fully saturated rings. The second-order valence-electron chi connectivity index (χ2n) is 11.3. The van der Waals surface area contributed by atoms with Crippen LogP contribution in [0.3, 0.4) is 0 Å². The summed E-state index contributed by atoms with van der Waals surface area (Å²) in [4.78, 5) is 9.31. The predicted molar refractivity (Wildman–Crippen MR) is 162 cm³/mol. The lowest BCUT2D eigenvalue weighted by molar-refractivity contribution is 0.476. The highest BCUT2D eigenvalue weighted by Gasteiger charge is 2.21. The Balaban J connectivity index is 1.22. The Bertz CT molecular complexity index is 1720. The molecule has 0 aliphatic carbocycles. The number of nitrogens with zero attached hydrogens (tertiary/aromatic N) is 5. The van der Waals surface area contributed by atoms with Crippen molar-refractivity contribution >= 4 is 28.7 Å². The highest BCUT2D eigenvalue weighted by Crippen LogP contribution is 2.28. The van der Waals surface area contributed by atoms with E-state index >= 15 is 0 Å². The number of amidine groups is 1. The molecule has 8 heteroatoms. The highest BCUT2D eigenvalue weighted by molar-refractivity contribution is 6.00. The van der Waals surface area contributed by atoms with Crippen molar-refractivity contribution in [3.63, 3.8) is 0 Å². The van der Waals surface area contributed by atoms with Crippen LogP contribution in [0.2, 0.25) is 0 Å². The van der Waals surface area contributed by atoms with E-state index < -0.39 is 0 Å². The molecule has 0 bridgehead atoms. The van der Waals surface area contributed by atoms with Crippen LogP contribution in [0.5, 0.6) is 0 Å². The van der Waals surface area contributed by atoms with Crippen LogP contribution < -0.4 is 16.0 Å². The maximum Gasteiger partial charge on any atom is 0.161 e. The lowest BCUT2D eigenvalue weighted by Gasteiger charge is -2.18. The van der Waals surface area contributed by atoms with Crippen molar-refractivity contribution < 1.29 is 0 Å². The zero-order chi connectivity index (χ0) is 27.9. The average Bonchev–Trinajstić information content (AvgIpc) is 3.66. The fourth-order valence-corrected chi connectivity index (χ4v) is 4.85. The Hall–Kier alpha value is -4.61. The lowest BCUT2D eigenvalue weighted by atomic mass is 9.87. The molecule has 3 N–H and O–H groups in total. The smallest absolute Gasteiger partial charge is 0.161 e. The molecule has 202 valence electrons. The Labute approximate surface area is 234 Å². The van der Waals surface area contributed by atoms with Crippen molar-refractivity contribution in [1.82, 2.24) is 29.8 Å². The molecule has 0 saturated carbocycles. The van der Waals surface area contributed by atoms with Crippen molar-refractivity contribution in [2.24, 2.45) is 10.4 Å². The van der Waals surface area contributed by atoms with Crippen LogP contribution in [0, 0.1) is 24.2 Å². The van der Waals surface area contributed by atoms with Crippen molar-refractivity contribution in [3.8, 4) is 11.8 Å². The molecular weight excluding hydrogens is 496 g/mol. The fourth-order valence-electron chi connectivity index (χ4n) is 4.85. The molecule has 0 atom stereocenters. The minimum absolute atomic E-state index is 0.103. The van der Waals surface area contributed by atoms with Crippen LogP contribution in [0.1, 0.15) is 48.8 Å². The molecule has 40 heavy (non-hydrogen) atoms.